The first-order chi connectivity index (χ1) is 9.13. The van der Waals surface area contributed by atoms with Gasteiger partial charge >= 0.3 is 0 Å². The molecule has 2 rings (SSSR count). The highest BCUT2D eigenvalue weighted by Crippen LogP contribution is 2.25. The fraction of sp³-hybridized carbons (Fsp3) is 0.267. The third-order valence-electron chi connectivity index (χ3n) is 3.05. The first-order valence-electron chi connectivity index (χ1n) is 6.17. The average molecular weight is 257 g/mol. The Bertz CT molecular complexity index is 549. The van der Waals surface area contributed by atoms with Gasteiger partial charge in [0.15, 0.2) is 0 Å². The van der Waals surface area contributed by atoms with Gasteiger partial charge in [0.05, 0.1) is 19.3 Å². The molecule has 0 radical (unpaired) electrons. The van der Waals surface area contributed by atoms with E-state index in [0.717, 1.165) is 16.9 Å². The Kier molecular flexibility index (Phi) is 4.14. The van der Waals surface area contributed by atoms with E-state index in [4.69, 9.17) is 10.6 Å². The van der Waals surface area contributed by atoms with Crippen molar-refractivity contribution in [3.8, 4) is 5.75 Å². The summed E-state index contributed by atoms with van der Waals surface area (Å²) in [6.45, 7) is 4.15. The SMILES string of the molecule is COc1cncc(C(NN)c2cc(C)cc(C)c2)c1. The third-order valence-corrected chi connectivity index (χ3v) is 3.05. The number of aryl methyl sites for hydroxylation is 2. The number of aromatic nitrogens is 1. The molecule has 1 unspecified atom stereocenters. The van der Waals surface area contributed by atoms with Crippen molar-refractivity contribution in [3.63, 3.8) is 0 Å². The zero-order valence-corrected chi connectivity index (χ0v) is 11.5. The molecule has 2 aromatic rings. The van der Waals surface area contributed by atoms with Gasteiger partial charge in [-0.25, -0.2) is 5.43 Å². The number of nitrogens with two attached hydrogens (primary N) is 1. The number of nitrogens with zero attached hydrogens (tertiary/aromatic N) is 1. The van der Waals surface area contributed by atoms with Crippen molar-refractivity contribution in [1.29, 1.82) is 0 Å². The molecule has 3 N–H and O–H groups in total. The van der Waals surface area contributed by atoms with Crippen LogP contribution in [0.3, 0.4) is 0 Å². The van der Waals surface area contributed by atoms with Crippen molar-refractivity contribution in [2.45, 2.75) is 19.9 Å². The molecule has 100 valence electrons. The molecule has 0 saturated heterocycles. The Morgan fingerprint density at radius 3 is 2.32 bits per heavy atom. The minimum Gasteiger partial charge on any atom is -0.495 e. The number of hydrogen-bond donors (Lipinski definition) is 2. The molecule has 4 heteroatoms. The van der Waals surface area contributed by atoms with Crippen molar-refractivity contribution in [2.24, 2.45) is 5.84 Å². The van der Waals surface area contributed by atoms with Gasteiger partial charge in [0.1, 0.15) is 5.75 Å². The van der Waals surface area contributed by atoms with Gasteiger partial charge in [0, 0.05) is 6.20 Å². The van der Waals surface area contributed by atoms with Crippen LogP contribution in [0.5, 0.6) is 5.75 Å². The van der Waals surface area contributed by atoms with E-state index in [1.807, 2.05) is 6.07 Å². The van der Waals surface area contributed by atoms with Gasteiger partial charge in [0.2, 0.25) is 0 Å². The Morgan fingerprint density at radius 2 is 1.74 bits per heavy atom. The van der Waals surface area contributed by atoms with E-state index in [-0.39, 0.29) is 6.04 Å². The van der Waals surface area contributed by atoms with Crippen LogP contribution in [0.2, 0.25) is 0 Å². The zero-order valence-electron chi connectivity index (χ0n) is 11.5. The van der Waals surface area contributed by atoms with E-state index in [1.54, 1.807) is 19.5 Å². The number of pyridine rings is 1. The van der Waals surface area contributed by atoms with Crippen molar-refractivity contribution in [2.75, 3.05) is 7.11 Å². The average Bonchev–Trinajstić information content (AvgIpc) is 2.39. The Hall–Kier alpha value is -1.91. The maximum absolute atomic E-state index is 5.71. The van der Waals surface area contributed by atoms with Gasteiger partial charge in [-0.2, -0.15) is 0 Å². The standard InChI is InChI=1S/C15H19N3O/c1-10-4-11(2)6-12(5-10)15(18-16)13-7-14(19-3)9-17-8-13/h4-9,15,18H,16H2,1-3H3. The molecule has 4 nitrogen and oxygen atoms in total. The monoisotopic (exact) mass is 257 g/mol. The van der Waals surface area contributed by atoms with Gasteiger partial charge in [-0.1, -0.05) is 29.3 Å². The van der Waals surface area contributed by atoms with Gasteiger partial charge in [0.25, 0.3) is 0 Å². The Balaban J connectivity index is 2.43. The second kappa shape index (κ2) is 5.82. The van der Waals surface area contributed by atoms with Crippen LogP contribution in [0.25, 0.3) is 0 Å². The number of hydrazine groups is 1. The minimum atomic E-state index is -0.0961. The van der Waals surface area contributed by atoms with Crippen LogP contribution in [0, 0.1) is 13.8 Å². The zero-order chi connectivity index (χ0) is 13.8. The summed E-state index contributed by atoms with van der Waals surface area (Å²) in [5.74, 6) is 6.43. The van der Waals surface area contributed by atoms with E-state index in [9.17, 15) is 0 Å². The molecule has 0 spiro atoms. The number of nitrogens with one attached hydrogen (secondary N) is 1. The van der Waals surface area contributed by atoms with Crippen LogP contribution in [-0.4, -0.2) is 12.1 Å². The molecule has 0 bridgehead atoms. The fourth-order valence-corrected chi connectivity index (χ4v) is 2.27. The van der Waals surface area contributed by atoms with Crippen LogP contribution in [0.15, 0.2) is 36.7 Å². The fourth-order valence-electron chi connectivity index (χ4n) is 2.27. The van der Waals surface area contributed by atoms with E-state index in [0.29, 0.717) is 0 Å². The molecule has 1 heterocycles. The molecular weight excluding hydrogens is 238 g/mol. The lowest BCUT2D eigenvalue weighted by molar-refractivity contribution is 0.411. The highest BCUT2D eigenvalue weighted by molar-refractivity contribution is 5.37. The molecule has 19 heavy (non-hydrogen) atoms. The second-order valence-electron chi connectivity index (χ2n) is 4.68. The highest BCUT2D eigenvalue weighted by atomic mass is 16.5. The molecule has 1 aromatic carbocycles. The van der Waals surface area contributed by atoms with Crippen molar-refractivity contribution < 1.29 is 4.74 Å². The number of hydrogen-bond acceptors (Lipinski definition) is 4. The van der Waals surface area contributed by atoms with Crippen LogP contribution in [-0.2, 0) is 0 Å². The molecule has 0 fully saturated rings. The summed E-state index contributed by atoms with van der Waals surface area (Å²) in [6.07, 6.45) is 3.48. The van der Waals surface area contributed by atoms with Crippen LogP contribution in [0.4, 0.5) is 0 Å². The normalized spacial score (nSPS) is 12.2. The van der Waals surface area contributed by atoms with E-state index >= 15 is 0 Å². The lowest BCUT2D eigenvalue weighted by Gasteiger charge is -2.18. The predicted octanol–water partition coefficient (Wildman–Crippen LogP) is 2.26. The van der Waals surface area contributed by atoms with Crippen molar-refractivity contribution in [3.05, 3.63) is 58.9 Å². The summed E-state index contributed by atoms with van der Waals surface area (Å²) in [5, 5.41) is 0. The summed E-state index contributed by atoms with van der Waals surface area (Å²) in [7, 11) is 1.63. The van der Waals surface area contributed by atoms with Crippen LogP contribution in [0.1, 0.15) is 28.3 Å². The summed E-state index contributed by atoms with van der Waals surface area (Å²) < 4.78 is 5.20. The van der Waals surface area contributed by atoms with E-state index in [2.05, 4.69) is 42.5 Å². The molecule has 1 atom stereocenters. The quantitative estimate of drug-likeness (QED) is 0.651. The maximum atomic E-state index is 5.71. The number of ether oxygens (including phenoxy) is 1. The first-order valence-corrected chi connectivity index (χ1v) is 6.17. The third kappa shape index (κ3) is 3.10. The summed E-state index contributed by atoms with van der Waals surface area (Å²) in [5.41, 5.74) is 7.37. The predicted molar refractivity (Wildman–Crippen MR) is 75.9 cm³/mol. The van der Waals surface area contributed by atoms with Gasteiger partial charge < -0.3 is 4.74 Å². The lowest BCUT2D eigenvalue weighted by atomic mass is 9.97. The molecular formula is C15H19N3O. The summed E-state index contributed by atoms with van der Waals surface area (Å²) >= 11 is 0. The number of methoxy groups -OCH3 is 1. The Labute approximate surface area is 113 Å². The van der Waals surface area contributed by atoms with Crippen molar-refractivity contribution in [1.82, 2.24) is 10.4 Å². The largest absolute Gasteiger partial charge is 0.495 e. The Morgan fingerprint density at radius 1 is 1.05 bits per heavy atom. The molecule has 0 aliphatic heterocycles. The van der Waals surface area contributed by atoms with E-state index in [1.165, 1.54) is 11.1 Å². The first kappa shape index (κ1) is 13.5. The summed E-state index contributed by atoms with van der Waals surface area (Å²) in [4.78, 5) is 4.17. The maximum Gasteiger partial charge on any atom is 0.137 e. The molecule has 0 aliphatic carbocycles. The smallest absolute Gasteiger partial charge is 0.137 e. The minimum absolute atomic E-state index is 0.0961. The number of benzene rings is 1. The summed E-state index contributed by atoms with van der Waals surface area (Å²) in [6, 6.07) is 8.23. The van der Waals surface area contributed by atoms with Gasteiger partial charge in [-0.3, -0.25) is 10.8 Å². The lowest BCUT2D eigenvalue weighted by Crippen LogP contribution is -2.29. The van der Waals surface area contributed by atoms with Crippen LogP contribution >= 0.6 is 0 Å². The van der Waals surface area contributed by atoms with Gasteiger partial charge in [-0.05, 0) is 31.0 Å². The molecule has 0 amide bonds. The molecule has 1 aromatic heterocycles. The van der Waals surface area contributed by atoms with Crippen LogP contribution < -0.4 is 16.0 Å². The molecule has 0 saturated carbocycles. The van der Waals surface area contributed by atoms with Gasteiger partial charge in [-0.15, -0.1) is 0 Å². The topological polar surface area (TPSA) is 60.2 Å². The number of rotatable bonds is 4. The second-order valence-corrected chi connectivity index (χ2v) is 4.68. The van der Waals surface area contributed by atoms with E-state index < -0.39 is 0 Å². The highest BCUT2D eigenvalue weighted by Gasteiger charge is 2.14. The van der Waals surface area contributed by atoms with Crippen molar-refractivity contribution >= 4 is 0 Å². The molecule has 0 aliphatic rings.